The van der Waals surface area contributed by atoms with Gasteiger partial charge in [0, 0.05) is 19.5 Å². The third-order valence-corrected chi connectivity index (χ3v) is 2.64. The van der Waals surface area contributed by atoms with Crippen molar-refractivity contribution in [3.05, 3.63) is 28.0 Å². The van der Waals surface area contributed by atoms with Gasteiger partial charge in [-0.1, -0.05) is 11.6 Å². The number of ether oxygens (including phenoxy) is 1. The average molecular weight is 277 g/mol. The summed E-state index contributed by atoms with van der Waals surface area (Å²) in [5.74, 6) is 0.790. The van der Waals surface area contributed by atoms with Crippen LogP contribution in [0.5, 0.6) is 0 Å². The van der Waals surface area contributed by atoms with Gasteiger partial charge in [0.2, 0.25) is 0 Å². The Bertz CT molecular complexity index is 471. The number of imidazole rings is 1. The molecular weight excluding hydrogens is 269 g/mol. The lowest BCUT2D eigenvalue weighted by atomic mass is 10.5. The Morgan fingerprint density at radius 3 is 3.14 bits per heavy atom. The second-order valence-corrected chi connectivity index (χ2v) is 3.80. The minimum absolute atomic E-state index is 0.425. The van der Waals surface area contributed by atoms with E-state index in [1.807, 2.05) is 4.40 Å². The summed E-state index contributed by atoms with van der Waals surface area (Å²) >= 11 is 9.26. The zero-order chi connectivity index (χ0) is 10.1. The minimum Gasteiger partial charge on any atom is -0.377 e. The van der Waals surface area contributed by atoms with Crippen molar-refractivity contribution < 1.29 is 4.74 Å². The number of rotatable bonds is 2. The molecule has 6 heteroatoms. The first-order valence-corrected chi connectivity index (χ1v) is 5.07. The summed E-state index contributed by atoms with van der Waals surface area (Å²) in [6, 6.07) is 0. The van der Waals surface area contributed by atoms with Crippen molar-refractivity contribution in [3.63, 3.8) is 0 Å². The number of methoxy groups -OCH3 is 1. The molecule has 74 valence electrons. The summed E-state index contributed by atoms with van der Waals surface area (Å²) in [4.78, 5) is 8.25. The van der Waals surface area contributed by atoms with Crippen molar-refractivity contribution in [3.8, 4) is 0 Å². The third kappa shape index (κ3) is 1.51. The van der Waals surface area contributed by atoms with Crippen LogP contribution in [0.3, 0.4) is 0 Å². The number of aromatic nitrogens is 3. The lowest BCUT2D eigenvalue weighted by molar-refractivity contribution is 0.177. The Morgan fingerprint density at radius 2 is 2.43 bits per heavy atom. The summed E-state index contributed by atoms with van der Waals surface area (Å²) in [7, 11) is 1.62. The molecule has 0 bridgehead atoms. The molecule has 0 fully saturated rings. The topological polar surface area (TPSA) is 39.4 Å². The van der Waals surface area contributed by atoms with Crippen LogP contribution in [-0.4, -0.2) is 21.5 Å². The highest BCUT2D eigenvalue weighted by atomic mass is 79.9. The third-order valence-electron chi connectivity index (χ3n) is 1.81. The van der Waals surface area contributed by atoms with Crippen molar-refractivity contribution in [2.75, 3.05) is 7.11 Å². The van der Waals surface area contributed by atoms with Gasteiger partial charge in [-0.15, -0.1) is 0 Å². The molecule has 2 aromatic rings. The summed E-state index contributed by atoms with van der Waals surface area (Å²) in [6.45, 7) is 0.438. The molecule has 0 N–H and O–H groups in total. The highest BCUT2D eigenvalue weighted by Crippen LogP contribution is 2.24. The Kier molecular flexibility index (Phi) is 2.71. The fourth-order valence-corrected chi connectivity index (χ4v) is 2.19. The first-order chi connectivity index (χ1) is 6.74. The van der Waals surface area contributed by atoms with Crippen molar-refractivity contribution in [1.82, 2.24) is 14.4 Å². The first-order valence-electron chi connectivity index (χ1n) is 3.90. The van der Waals surface area contributed by atoms with Crippen LogP contribution in [0.1, 0.15) is 5.82 Å². The van der Waals surface area contributed by atoms with E-state index in [2.05, 4.69) is 25.9 Å². The number of halogens is 2. The standard InChI is InChI=1S/C8H7BrClN3O/c1-14-4-5-12-7(9)6-8(10)11-2-3-13(5)6/h2-3H,4H2,1H3. The number of fused-ring (bicyclic) bond motifs is 1. The van der Waals surface area contributed by atoms with Crippen LogP contribution in [0.25, 0.3) is 5.52 Å². The highest BCUT2D eigenvalue weighted by molar-refractivity contribution is 9.10. The van der Waals surface area contributed by atoms with Crippen molar-refractivity contribution in [2.24, 2.45) is 0 Å². The predicted octanol–water partition coefficient (Wildman–Crippen LogP) is 2.29. The number of hydrogen-bond acceptors (Lipinski definition) is 3. The molecule has 0 spiro atoms. The molecule has 0 aromatic carbocycles. The summed E-state index contributed by atoms with van der Waals surface area (Å²) in [5, 5.41) is 0.425. The lowest BCUT2D eigenvalue weighted by Crippen LogP contribution is -1.96. The summed E-state index contributed by atoms with van der Waals surface area (Å²) in [6.07, 6.45) is 3.43. The molecule has 2 heterocycles. The second-order valence-electron chi connectivity index (χ2n) is 2.69. The molecule has 14 heavy (non-hydrogen) atoms. The molecule has 0 unspecified atom stereocenters. The maximum absolute atomic E-state index is 5.93. The largest absolute Gasteiger partial charge is 0.377 e. The summed E-state index contributed by atoms with van der Waals surface area (Å²) < 4.78 is 7.55. The molecule has 0 saturated heterocycles. The van der Waals surface area contributed by atoms with E-state index < -0.39 is 0 Å². The molecule has 4 nitrogen and oxygen atoms in total. The highest BCUT2D eigenvalue weighted by Gasteiger charge is 2.11. The number of hydrogen-bond donors (Lipinski definition) is 0. The molecule has 0 aliphatic rings. The maximum Gasteiger partial charge on any atom is 0.155 e. The van der Waals surface area contributed by atoms with E-state index >= 15 is 0 Å². The van der Waals surface area contributed by atoms with Crippen LogP contribution >= 0.6 is 27.5 Å². The van der Waals surface area contributed by atoms with Crippen LogP contribution in [0.15, 0.2) is 17.0 Å². The molecular formula is C8H7BrClN3O. The normalized spacial score (nSPS) is 11.1. The minimum atomic E-state index is 0.425. The van der Waals surface area contributed by atoms with Crippen molar-refractivity contribution in [2.45, 2.75) is 6.61 Å². The van der Waals surface area contributed by atoms with Gasteiger partial charge in [-0.25, -0.2) is 9.97 Å². The van der Waals surface area contributed by atoms with Gasteiger partial charge in [-0.3, -0.25) is 4.40 Å². The number of nitrogens with zero attached hydrogens (tertiary/aromatic N) is 3. The second kappa shape index (κ2) is 3.84. The maximum atomic E-state index is 5.93. The smallest absolute Gasteiger partial charge is 0.155 e. The van der Waals surface area contributed by atoms with Crippen LogP contribution in [0, 0.1) is 0 Å². The van der Waals surface area contributed by atoms with Gasteiger partial charge >= 0.3 is 0 Å². The van der Waals surface area contributed by atoms with Gasteiger partial charge in [-0.05, 0) is 15.9 Å². The Morgan fingerprint density at radius 1 is 1.64 bits per heavy atom. The lowest BCUT2D eigenvalue weighted by Gasteiger charge is -1.99. The Labute approximate surface area is 94.0 Å². The quantitative estimate of drug-likeness (QED) is 0.845. The Balaban J connectivity index is 2.71. The average Bonchev–Trinajstić information content (AvgIpc) is 2.46. The fourth-order valence-electron chi connectivity index (χ4n) is 1.25. The van der Waals surface area contributed by atoms with Crippen molar-refractivity contribution >= 4 is 33.0 Å². The predicted molar refractivity (Wildman–Crippen MR) is 56.4 cm³/mol. The van der Waals surface area contributed by atoms with Gasteiger partial charge in [0.05, 0.1) is 0 Å². The van der Waals surface area contributed by atoms with Crippen LogP contribution in [0.2, 0.25) is 5.15 Å². The molecule has 0 amide bonds. The van der Waals surface area contributed by atoms with E-state index in [9.17, 15) is 0 Å². The van der Waals surface area contributed by atoms with Gasteiger partial charge in [0.15, 0.2) is 5.15 Å². The van der Waals surface area contributed by atoms with E-state index in [0.29, 0.717) is 16.4 Å². The molecule has 2 aromatic heterocycles. The monoisotopic (exact) mass is 275 g/mol. The van der Waals surface area contributed by atoms with E-state index in [4.69, 9.17) is 16.3 Å². The summed E-state index contributed by atoms with van der Waals surface area (Å²) in [5.41, 5.74) is 0.765. The van der Waals surface area contributed by atoms with Crippen molar-refractivity contribution in [1.29, 1.82) is 0 Å². The van der Waals surface area contributed by atoms with E-state index in [0.717, 1.165) is 11.3 Å². The zero-order valence-electron chi connectivity index (χ0n) is 7.37. The van der Waals surface area contributed by atoms with E-state index in [1.54, 1.807) is 19.5 Å². The molecule has 0 aliphatic carbocycles. The molecule has 2 rings (SSSR count). The molecule has 0 radical (unpaired) electrons. The van der Waals surface area contributed by atoms with Crippen LogP contribution < -0.4 is 0 Å². The van der Waals surface area contributed by atoms with E-state index in [-0.39, 0.29) is 0 Å². The first kappa shape index (κ1) is 9.89. The molecule has 0 saturated carbocycles. The Hall–Kier alpha value is -0.650. The van der Waals surface area contributed by atoms with Crippen LogP contribution in [0.4, 0.5) is 0 Å². The van der Waals surface area contributed by atoms with E-state index in [1.165, 1.54) is 0 Å². The van der Waals surface area contributed by atoms with Gasteiger partial charge in [0.1, 0.15) is 22.6 Å². The fraction of sp³-hybridized carbons (Fsp3) is 0.250. The van der Waals surface area contributed by atoms with Gasteiger partial charge in [-0.2, -0.15) is 0 Å². The van der Waals surface area contributed by atoms with Gasteiger partial charge in [0.25, 0.3) is 0 Å². The zero-order valence-corrected chi connectivity index (χ0v) is 9.71. The van der Waals surface area contributed by atoms with Gasteiger partial charge < -0.3 is 4.74 Å². The van der Waals surface area contributed by atoms with Crippen LogP contribution in [-0.2, 0) is 11.3 Å². The SMILES string of the molecule is COCc1nc(Br)c2c(Cl)nccn12. The molecule has 0 atom stereocenters. The molecule has 0 aliphatic heterocycles.